The summed E-state index contributed by atoms with van der Waals surface area (Å²) in [6.07, 6.45) is 4.65. The van der Waals surface area contributed by atoms with E-state index in [0.717, 1.165) is 19.3 Å². The van der Waals surface area contributed by atoms with Crippen molar-refractivity contribution in [1.29, 1.82) is 5.26 Å². The first-order valence-electron chi connectivity index (χ1n) is 10.4. The number of halogens is 1. The molecule has 3 aromatic rings. The Bertz CT molecular complexity index is 1170. The number of hydrogen-bond donors (Lipinski definition) is 2. The zero-order valence-electron chi connectivity index (χ0n) is 17.8. The van der Waals surface area contributed by atoms with Gasteiger partial charge in [-0.05, 0) is 24.1 Å². The van der Waals surface area contributed by atoms with Gasteiger partial charge in [0.15, 0.2) is 0 Å². The number of hydrazone groups is 1. The van der Waals surface area contributed by atoms with Crippen molar-refractivity contribution in [2.75, 3.05) is 12.0 Å². The molecule has 32 heavy (non-hydrogen) atoms. The van der Waals surface area contributed by atoms with E-state index in [0.29, 0.717) is 23.3 Å². The van der Waals surface area contributed by atoms with Crippen LogP contribution in [-0.2, 0) is 11.3 Å². The van der Waals surface area contributed by atoms with Crippen molar-refractivity contribution in [3.63, 3.8) is 0 Å². The van der Waals surface area contributed by atoms with E-state index in [1.165, 1.54) is 18.3 Å². The number of H-pyrrole nitrogens is 1. The number of benzene rings is 2. The summed E-state index contributed by atoms with van der Waals surface area (Å²) in [6.45, 7) is 3.00. The number of ether oxygens (including phenoxy) is 1. The summed E-state index contributed by atoms with van der Waals surface area (Å²) in [5, 5.41) is 13.5. The molecule has 7 nitrogen and oxygen atoms in total. The molecule has 0 aliphatic heterocycles. The molecule has 2 aromatic carbocycles. The molecule has 0 amide bonds. The van der Waals surface area contributed by atoms with Gasteiger partial charge in [-0.1, -0.05) is 56.2 Å². The second-order valence-electron chi connectivity index (χ2n) is 7.09. The first-order valence-corrected chi connectivity index (χ1v) is 10.4. The molecule has 0 aliphatic carbocycles. The number of aromatic amines is 1. The lowest BCUT2D eigenvalue weighted by atomic mass is 10.1. The lowest BCUT2D eigenvalue weighted by molar-refractivity contribution is 0.117. The number of nitrogens with one attached hydrogen (secondary N) is 2. The maximum Gasteiger partial charge on any atom is 0.270 e. The molecule has 1 aromatic heterocycles. The van der Waals surface area contributed by atoms with Crippen LogP contribution >= 0.6 is 0 Å². The Morgan fingerprint density at radius 1 is 1.25 bits per heavy atom. The standard InChI is InChI=1S/C24H24FN5O2/c1-2-3-7-12-32-16-19-13-20(25)11-10-18(19)15-27-30-24-28-22(17-8-5-4-6-9-17)21(14-26)23(31)29-24/h4-6,8-11,13,15H,2-3,7,12,16H2,1H3,(H2,28,29,30,31). The molecule has 0 saturated carbocycles. The minimum absolute atomic E-state index is 0.0771. The van der Waals surface area contributed by atoms with E-state index >= 15 is 0 Å². The second-order valence-corrected chi connectivity index (χ2v) is 7.09. The van der Waals surface area contributed by atoms with E-state index in [1.807, 2.05) is 12.1 Å². The van der Waals surface area contributed by atoms with Crippen LogP contribution in [-0.4, -0.2) is 22.8 Å². The van der Waals surface area contributed by atoms with Gasteiger partial charge >= 0.3 is 0 Å². The minimum atomic E-state index is -0.568. The first-order chi connectivity index (χ1) is 15.6. The number of unbranched alkanes of at least 4 members (excludes halogenated alkanes) is 2. The molecule has 164 valence electrons. The summed E-state index contributed by atoms with van der Waals surface area (Å²) in [5.41, 5.74) is 4.28. The third kappa shape index (κ3) is 6.09. The smallest absolute Gasteiger partial charge is 0.270 e. The van der Waals surface area contributed by atoms with Crippen molar-refractivity contribution in [3.8, 4) is 17.3 Å². The van der Waals surface area contributed by atoms with Crippen LogP contribution in [0.2, 0.25) is 0 Å². The van der Waals surface area contributed by atoms with E-state index in [9.17, 15) is 14.4 Å². The van der Waals surface area contributed by atoms with E-state index in [1.54, 1.807) is 30.3 Å². The summed E-state index contributed by atoms with van der Waals surface area (Å²) in [7, 11) is 0. The highest BCUT2D eigenvalue weighted by molar-refractivity contribution is 5.82. The Hall–Kier alpha value is -3.83. The molecule has 0 bridgehead atoms. The van der Waals surface area contributed by atoms with Crippen molar-refractivity contribution in [2.45, 2.75) is 32.8 Å². The third-order valence-corrected chi connectivity index (χ3v) is 4.71. The number of aromatic nitrogens is 2. The number of rotatable bonds is 10. The fourth-order valence-corrected chi connectivity index (χ4v) is 3.06. The van der Waals surface area contributed by atoms with E-state index in [2.05, 4.69) is 27.4 Å². The van der Waals surface area contributed by atoms with E-state index < -0.39 is 5.56 Å². The Morgan fingerprint density at radius 2 is 2.06 bits per heavy atom. The van der Waals surface area contributed by atoms with Crippen LogP contribution in [0.15, 0.2) is 58.4 Å². The van der Waals surface area contributed by atoms with Crippen molar-refractivity contribution in [1.82, 2.24) is 9.97 Å². The second kappa shape index (κ2) is 11.5. The molecule has 0 atom stereocenters. The summed E-state index contributed by atoms with van der Waals surface area (Å²) in [4.78, 5) is 19.2. The SMILES string of the molecule is CCCCCOCc1cc(F)ccc1C=NNc1nc(-c2ccccc2)c(C#N)c(=O)[nH]1. The lowest BCUT2D eigenvalue weighted by Gasteiger charge is -2.08. The predicted molar refractivity (Wildman–Crippen MR) is 122 cm³/mol. The largest absolute Gasteiger partial charge is 0.377 e. The van der Waals surface area contributed by atoms with Gasteiger partial charge < -0.3 is 4.74 Å². The highest BCUT2D eigenvalue weighted by Gasteiger charge is 2.13. The molecule has 2 N–H and O–H groups in total. The summed E-state index contributed by atoms with van der Waals surface area (Å²) in [6, 6.07) is 15.2. The van der Waals surface area contributed by atoms with Crippen molar-refractivity contribution in [2.24, 2.45) is 5.10 Å². The Labute approximate surface area is 185 Å². The first kappa shape index (κ1) is 22.8. The maximum absolute atomic E-state index is 13.7. The van der Waals surface area contributed by atoms with Gasteiger partial charge in [-0.3, -0.25) is 9.78 Å². The molecule has 0 fully saturated rings. The van der Waals surface area contributed by atoms with Crippen LogP contribution in [0, 0.1) is 17.1 Å². The monoisotopic (exact) mass is 433 g/mol. The van der Waals surface area contributed by atoms with E-state index in [-0.39, 0.29) is 29.6 Å². The van der Waals surface area contributed by atoms with Crippen LogP contribution in [0.3, 0.4) is 0 Å². The summed E-state index contributed by atoms with van der Waals surface area (Å²) < 4.78 is 19.3. The van der Waals surface area contributed by atoms with Gasteiger partial charge in [0.25, 0.3) is 5.56 Å². The molecule has 0 unspecified atom stereocenters. The van der Waals surface area contributed by atoms with Crippen molar-refractivity contribution >= 4 is 12.2 Å². The fourth-order valence-electron chi connectivity index (χ4n) is 3.06. The number of anilines is 1. The average Bonchev–Trinajstić information content (AvgIpc) is 2.80. The topological polar surface area (TPSA) is 103 Å². The highest BCUT2D eigenvalue weighted by atomic mass is 19.1. The van der Waals surface area contributed by atoms with Crippen LogP contribution < -0.4 is 11.0 Å². The number of nitriles is 1. The normalized spacial score (nSPS) is 10.9. The van der Waals surface area contributed by atoms with Gasteiger partial charge in [0.05, 0.1) is 18.5 Å². The average molecular weight is 433 g/mol. The number of nitrogens with zero attached hydrogens (tertiary/aromatic N) is 3. The lowest BCUT2D eigenvalue weighted by Crippen LogP contribution is -2.16. The maximum atomic E-state index is 13.7. The van der Waals surface area contributed by atoms with Gasteiger partial charge in [-0.2, -0.15) is 10.4 Å². The zero-order valence-corrected chi connectivity index (χ0v) is 17.8. The van der Waals surface area contributed by atoms with Gasteiger partial charge in [0, 0.05) is 17.7 Å². The van der Waals surface area contributed by atoms with Gasteiger partial charge in [0.1, 0.15) is 17.4 Å². The predicted octanol–water partition coefficient (Wildman–Crippen LogP) is 4.60. The third-order valence-electron chi connectivity index (χ3n) is 4.71. The van der Waals surface area contributed by atoms with Crippen LogP contribution in [0.1, 0.15) is 42.9 Å². The summed E-state index contributed by atoms with van der Waals surface area (Å²) in [5.74, 6) is -0.267. The molecule has 1 heterocycles. The van der Waals surface area contributed by atoms with Crippen LogP contribution in [0.25, 0.3) is 11.3 Å². The molecule has 8 heteroatoms. The van der Waals surface area contributed by atoms with Gasteiger partial charge in [0.2, 0.25) is 5.95 Å². The fraction of sp³-hybridized carbons (Fsp3) is 0.250. The number of hydrogen-bond acceptors (Lipinski definition) is 6. The molecule has 0 spiro atoms. The molecule has 3 rings (SSSR count). The highest BCUT2D eigenvalue weighted by Crippen LogP contribution is 2.19. The van der Waals surface area contributed by atoms with Crippen LogP contribution in [0.5, 0.6) is 0 Å². The summed E-state index contributed by atoms with van der Waals surface area (Å²) >= 11 is 0. The van der Waals surface area contributed by atoms with E-state index in [4.69, 9.17) is 4.74 Å². The van der Waals surface area contributed by atoms with Gasteiger partial charge in [-0.15, -0.1) is 0 Å². The Morgan fingerprint density at radius 3 is 2.81 bits per heavy atom. The van der Waals surface area contributed by atoms with Crippen LogP contribution in [0.4, 0.5) is 10.3 Å². The quantitative estimate of drug-likeness (QED) is 0.276. The Kier molecular flexibility index (Phi) is 8.23. The molecular formula is C24H24FN5O2. The Balaban J connectivity index is 1.77. The minimum Gasteiger partial charge on any atom is -0.377 e. The molecule has 0 radical (unpaired) electrons. The molecule has 0 saturated heterocycles. The molecule has 0 aliphatic rings. The van der Waals surface area contributed by atoms with Gasteiger partial charge in [-0.25, -0.2) is 14.8 Å². The molecular weight excluding hydrogens is 409 g/mol. The van der Waals surface area contributed by atoms with Crippen molar-refractivity contribution < 1.29 is 9.13 Å². The zero-order chi connectivity index (χ0) is 22.8. The van der Waals surface area contributed by atoms with Crippen molar-refractivity contribution in [3.05, 3.63) is 81.4 Å².